The highest BCUT2D eigenvalue weighted by molar-refractivity contribution is 6.31. The minimum Gasteiger partial charge on any atom is -0.323 e. The first-order chi connectivity index (χ1) is 8.04. The molecule has 0 atom stereocenters. The minimum absolute atomic E-state index is 0.167. The summed E-state index contributed by atoms with van der Waals surface area (Å²) in [4.78, 5) is 3.54. The van der Waals surface area contributed by atoms with Crippen LogP contribution in [0.2, 0.25) is 5.02 Å². The highest BCUT2D eigenvalue weighted by Gasteiger charge is 2.16. The molecule has 0 saturated heterocycles. The van der Waals surface area contributed by atoms with Crippen molar-refractivity contribution in [2.75, 3.05) is 5.43 Å². The maximum Gasteiger partial charge on any atom is 0.280 e. The number of halogens is 4. The van der Waals surface area contributed by atoms with Gasteiger partial charge >= 0.3 is 0 Å². The van der Waals surface area contributed by atoms with Crippen molar-refractivity contribution >= 4 is 28.2 Å². The summed E-state index contributed by atoms with van der Waals surface area (Å²) in [5.74, 6) is 4.35. The number of nitrogens with one attached hydrogen (secondary N) is 1. The van der Waals surface area contributed by atoms with Gasteiger partial charge in [-0.25, -0.2) is 18.2 Å². The van der Waals surface area contributed by atoms with E-state index >= 15 is 0 Å². The van der Waals surface area contributed by atoms with Crippen molar-refractivity contribution in [3.63, 3.8) is 0 Å². The number of fused-ring (bicyclic) bond motifs is 1. The molecule has 0 aliphatic carbocycles. The van der Waals surface area contributed by atoms with E-state index in [1.54, 1.807) is 0 Å². The fraction of sp³-hybridized carbons (Fsp3) is 0.100. The van der Waals surface area contributed by atoms with E-state index < -0.39 is 17.9 Å². The molecule has 0 aliphatic rings. The van der Waals surface area contributed by atoms with Crippen LogP contribution in [0, 0.1) is 5.82 Å². The van der Waals surface area contributed by atoms with Crippen LogP contribution in [0.1, 0.15) is 12.1 Å². The summed E-state index contributed by atoms with van der Waals surface area (Å²) in [6, 6.07) is 3.84. The van der Waals surface area contributed by atoms with Gasteiger partial charge in [-0.1, -0.05) is 11.6 Å². The molecule has 2 aromatic rings. The van der Waals surface area contributed by atoms with Crippen molar-refractivity contribution in [3.8, 4) is 0 Å². The second-order valence-corrected chi connectivity index (χ2v) is 3.70. The van der Waals surface area contributed by atoms with Crippen LogP contribution in [0.3, 0.4) is 0 Å². The van der Waals surface area contributed by atoms with Crippen LogP contribution in [0.5, 0.6) is 0 Å². The Balaban J connectivity index is 2.83. The molecular formula is C10H7ClF3N3. The number of hydrazine groups is 1. The Hall–Kier alpha value is -1.53. The Kier molecular flexibility index (Phi) is 3.08. The molecule has 0 spiro atoms. The first kappa shape index (κ1) is 11.9. The molecule has 3 nitrogen and oxygen atoms in total. The Morgan fingerprint density at radius 3 is 2.65 bits per heavy atom. The zero-order valence-electron chi connectivity index (χ0n) is 8.35. The third-order valence-electron chi connectivity index (χ3n) is 2.27. The average molecular weight is 262 g/mol. The molecule has 0 fully saturated rings. The molecule has 0 saturated carbocycles. The molecule has 0 unspecified atom stereocenters. The number of hydrogen-bond acceptors (Lipinski definition) is 3. The van der Waals surface area contributed by atoms with Crippen LogP contribution in [-0.4, -0.2) is 4.98 Å². The first-order valence-electron chi connectivity index (χ1n) is 4.58. The van der Waals surface area contributed by atoms with Gasteiger partial charge in [-0.2, -0.15) is 0 Å². The van der Waals surface area contributed by atoms with Crippen molar-refractivity contribution < 1.29 is 13.2 Å². The van der Waals surface area contributed by atoms with Crippen molar-refractivity contribution in [2.24, 2.45) is 5.84 Å². The van der Waals surface area contributed by atoms with Gasteiger partial charge in [0.05, 0.1) is 10.7 Å². The van der Waals surface area contributed by atoms with Crippen molar-refractivity contribution in [2.45, 2.75) is 6.43 Å². The van der Waals surface area contributed by atoms with E-state index in [1.807, 2.05) is 0 Å². The standard InChI is InChI=1S/C10H7ClF3N3/c11-5-2-1-4-6(17-15)3-7(10(13)14)16-9(4)8(5)12/h1-3,10H,15H2,(H,16,17). The first-order valence-corrected chi connectivity index (χ1v) is 4.95. The highest BCUT2D eigenvalue weighted by atomic mass is 35.5. The molecule has 0 bridgehead atoms. The van der Waals surface area contributed by atoms with E-state index in [9.17, 15) is 13.2 Å². The van der Waals surface area contributed by atoms with Gasteiger partial charge < -0.3 is 5.43 Å². The summed E-state index contributed by atoms with van der Waals surface area (Å²) in [6.45, 7) is 0. The Morgan fingerprint density at radius 2 is 2.06 bits per heavy atom. The van der Waals surface area contributed by atoms with Crippen LogP contribution in [0.25, 0.3) is 10.9 Å². The largest absolute Gasteiger partial charge is 0.323 e. The SMILES string of the molecule is NNc1cc(C(F)F)nc2c(F)c(Cl)ccc12. The smallest absolute Gasteiger partial charge is 0.280 e. The van der Waals surface area contributed by atoms with Crippen LogP contribution >= 0.6 is 11.6 Å². The third kappa shape index (κ3) is 2.01. The number of benzene rings is 1. The molecule has 7 heteroatoms. The number of pyridine rings is 1. The Labute approximate surface area is 99.4 Å². The highest BCUT2D eigenvalue weighted by Crippen LogP contribution is 2.31. The fourth-order valence-corrected chi connectivity index (χ4v) is 1.64. The second kappa shape index (κ2) is 4.38. The number of aromatic nitrogens is 1. The zero-order chi connectivity index (χ0) is 12.6. The molecule has 1 aromatic heterocycles. The summed E-state index contributed by atoms with van der Waals surface area (Å²) >= 11 is 5.56. The molecule has 0 radical (unpaired) electrons. The molecule has 90 valence electrons. The van der Waals surface area contributed by atoms with Crippen LogP contribution in [0.15, 0.2) is 18.2 Å². The van der Waals surface area contributed by atoms with Gasteiger partial charge in [0.15, 0.2) is 5.82 Å². The van der Waals surface area contributed by atoms with Crippen LogP contribution < -0.4 is 11.3 Å². The quantitative estimate of drug-likeness (QED) is 0.644. The molecule has 17 heavy (non-hydrogen) atoms. The van der Waals surface area contributed by atoms with Crippen LogP contribution in [0.4, 0.5) is 18.9 Å². The summed E-state index contributed by atoms with van der Waals surface area (Å²) in [5.41, 5.74) is 1.60. The lowest BCUT2D eigenvalue weighted by Gasteiger charge is -2.09. The fourth-order valence-electron chi connectivity index (χ4n) is 1.48. The minimum atomic E-state index is -2.81. The van der Waals surface area contributed by atoms with Gasteiger partial charge in [0.2, 0.25) is 0 Å². The summed E-state index contributed by atoms with van der Waals surface area (Å²) in [6.07, 6.45) is -2.81. The van der Waals surface area contributed by atoms with Crippen molar-refractivity contribution in [3.05, 3.63) is 34.7 Å². The van der Waals surface area contributed by atoms with E-state index in [4.69, 9.17) is 17.4 Å². The number of anilines is 1. The lowest BCUT2D eigenvalue weighted by Crippen LogP contribution is -2.09. The number of nitrogen functional groups attached to an aromatic ring is 1. The van der Waals surface area contributed by atoms with Gasteiger partial charge in [0.1, 0.15) is 11.2 Å². The lowest BCUT2D eigenvalue weighted by atomic mass is 10.1. The summed E-state index contributed by atoms with van der Waals surface area (Å²) in [7, 11) is 0. The molecule has 0 aliphatic heterocycles. The average Bonchev–Trinajstić information content (AvgIpc) is 2.32. The Bertz CT molecular complexity index is 574. The van der Waals surface area contributed by atoms with Crippen molar-refractivity contribution in [1.82, 2.24) is 4.98 Å². The van der Waals surface area contributed by atoms with Gasteiger partial charge in [0.25, 0.3) is 6.43 Å². The summed E-state index contributed by atoms with van der Waals surface area (Å²) in [5, 5.41) is 0.109. The lowest BCUT2D eigenvalue weighted by molar-refractivity contribution is 0.146. The maximum atomic E-state index is 13.7. The number of alkyl halides is 2. The van der Waals surface area contributed by atoms with E-state index in [-0.39, 0.29) is 16.2 Å². The van der Waals surface area contributed by atoms with Gasteiger partial charge in [-0.05, 0) is 18.2 Å². The monoisotopic (exact) mass is 261 g/mol. The molecule has 1 heterocycles. The second-order valence-electron chi connectivity index (χ2n) is 3.30. The molecule has 3 N–H and O–H groups in total. The Morgan fingerprint density at radius 1 is 1.35 bits per heavy atom. The molecular weight excluding hydrogens is 255 g/mol. The van der Waals surface area contributed by atoms with E-state index in [0.717, 1.165) is 6.07 Å². The summed E-state index contributed by atoms with van der Waals surface area (Å²) < 4.78 is 38.8. The normalized spacial score (nSPS) is 11.2. The molecule has 1 aromatic carbocycles. The van der Waals surface area contributed by atoms with Crippen molar-refractivity contribution in [1.29, 1.82) is 0 Å². The maximum absolute atomic E-state index is 13.7. The van der Waals surface area contributed by atoms with Gasteiger partial charge in [0, 0.05) is 5.39 Å². The van der Waals surface area contributed by atoms with E-state index in [0.29, 0.717) is 5.39 Å². The number of hydrogen-bond donors (Lipinski definition) is 2. The van der Waals surface area contributed by atoms with Gasteiger partial charge in [-0.3, -0.25) is 5.84 Å². The number of nitrogens with zero attached hydrogens (tertiary/aromatic N) is 1. The molecule has 0 amide bonds. The topological polar surface area (TPSA) is 50.9 Å². The van der Waals surface area contributed by atoms with Gasteiger partial charge in [-0.15, -0.1) is 0 Å². The number of nitrogens with two attached hydrogens (primary N) is 1. The van der Waals surface area contributed by atoms with E-state index in [1.165, 1.54) is 12.1 Å². The predicted octanol–water partition coefficient (Wildman–Crippen LogP) is 3.25. The zero-order valence-corrected chi connectivity index (χ0v) is 9.10. The number of rotatable bonds is 2. The molecule has 2 rings (SSSR count). The van der Waals surface area contributed by atoms with Crippen LogP contribution in [-0.2, 0) is 0 Å². The third-order valence-corrected chi connectivity index (χ3v) is 2.56. The predicted molar refractivity (Wildman–Crippen MR) is 59.5 cm³/mol. The van der Waals surface area contributed by atoms with E-state index in [2.05, 4.69) is 10.4 Å².